The fraction of sp³-hybridized carbons (Fsp3) is 0.278. The lowest BCUT2D eigenvalue weighted by molar-refractivity contribution is -0.122. The molecule has 7 nitrogen and oxygen atoms in total. The summed E-state index contributed by atoms with van der Waals surface area (Å²) in [5.41, 5.74) is 0.987. The van der Waals surface area contributed by atoms with E-state index in [0.717, 1.165) is 0 Å². The molecule has 0 fully saturated rings. The van der Waals surface area contributed by atoms with Gasteiger partial charge in [0.2, 0.25) is 10.0 Å². The quantitative estimate of drug-likeness (QED) is 0.865. The van der Waals surface area contributed by atoms with Crippen LogP contribution in [0.3, 0.4) is 0 Å². The van der Waals surface area contributed by atoms with Gasteiger partial charge in [-0.3, -0.25) is 9.10 Å². The van der Waals surface area contributed by atoms with Gasteiger partial charge in [0.15, 0.2) is 6.10 Å². The number of sulfonamides is 1. The molecule has 0 radical (unpaired) electrons. The fourth-order valence-electron chi connectivity index (χ4n) is 2.68. The maximum absolute atomic E-state index is 12.6. The highest BCUT2D eigenvalue weighted by molar-refractivity contribution is 7.92. The number of benzene rings is 2. The van der Waals surface area contributed by atoms with Gasteiger partial charge >= 0.3 is 0 Å². The number of methoxy groups -OCH3 is 1. The minimum absolute atomic E-state index is 0.0639. The minimum atomic E-state index is -3.53. The van der Waals surface area contributed by atoms with E-state index in [9.17, 15) is 13.2 Å². The van der Waals surface area contributed by atoms with E-state index >= 15 is 0 Å². The lowest BCUT2D eigenvalue weighted by atomic mass is 10.2. The molecule has 1 N–H and O–H groups in total. The standard InChI is InChI=1S/C18H20N2O5S/c1-3-26(22,23)20-12-17(25-16-10-5-4-9-15(16)20)18(21)19-13-7-6-8-14(11-13)24-2/h4-11,17H,3,12H2,1-2H3,(H,19,21)/t17-/m0/s1. The summed E-state index contributed by atoms with van der Waals surface area (Å²) >= 11 is 0. The van der Waals surface area contributed by atoms with Crippen LogP contribution in [0.15, 0.2) is 48.5 Å². The molecular formula is C18H20N2O5S. The van der Waals surface area contributed by atoms with Crippen LogP contribution in [-0.2, 0) is 14.8 Å². The zero-order valence-corrected chi connectivity index (χ0v) is 15.3. The third kappa shape index (κ3) is 3.60. The Kier molecular flexibility index (Phi) is 5.03. The van der Waals surface area contributed by atoms with Gasteiger partial charge in [-0.1, -0.05) is 18.2 Å². The highest BCUT2D eigenvalue weighted by atomic mass is 32.2. The lowest BCUT2D eigenvalue weighted by Gasteiger charge is -2.34. The van der Waals surface area contributed by atoms with Crippen molar-refractivity contribution in [2.45, 2.75) is 13.0 Å². The van der Waals surface area contributed by atoms with Crippen molar-refractivity contribution >= 4 is 27.3 Å². The number of carbonyl (C=O) groups is 1. The maximum atomic E-state index is 12.6. The molecule has 0 saturated carbocycles. The van der Waals surface area contributed by atoms with Crippen LogP contribution in [-0.4, -0.2) is 39.8 Å². The van der Waals surface area contributed by atoms with Crippen LogP contribution in [0.2, 0.25) is 0 Å². The van der Waals surface area contributed by atoms with Gasteiger partial charge in [0.1, 0.15) is 11.5 Å². The molecule has 0 aliphatic carbocycles. The first-order valence-electron chi connectivity index (χ1n) is 8.15. The number of hydrogen-bond donors (Lipinski definition) is 1. The van der Waals surface area contributed by atoms with Crippen LogP contribution in [0.25, 0.3) is 0 Å². The molecule has 0 unspecified atom stereocenters. The molecule has 2 aromatic carbocycles. The molecule has 0 saturated heterocycles. The highest BCUT2D eigenvalue weighted by Gasteiger charge is 2.35. The molecule has 1 aliphatic rings. The zero-order chi connectivity index (χ0) is 18.7. The smallest absolute Gasteiger partial charge is 0.267 e. The van der Waals surface area contributed by atoms with Gasteiger partial charge in [0.25, 0.3) is 5.91 Å². The van der Waals surface area contributed by atoms with Crippen molar-refractivity contribution in [1.82, 2.24) is 0 Å². The Labute approximate surface area is 152 Å². The van der Waals surface area contributed by atoms with E-state index in [1.165, 1.54) is 11.4 Å². The van der Waals surface area contributed by atoms with E-state index in [1.807, 2.05) is 0 Å². The van der Waals surface area contributed by atoms with E-state index < -0.39 is 22.0 Å². The number of nitrogens with zero attached hydrogens (tertiary/aromatic N) is 1. The van der Waals surface area contributed by atoms with Crippen LogP contribution in [0.5, 0.6) is 11.5 Å². The van der Waals surface area contributed by atoms with Gasteiger partial charge in [0, 0.05) is 11.8 Å². The summed E-state index contributed by atoms with van der Waals surface area (Å²) in [4.78, 5) is 12.6. The predicted molar refractivity (Wildman–Crippen MR) is 99.3 cm³/mol. The predicted octanol–water partition coefficient (Wildman–Crippen LogP) is 2.25. The monoisotopic (exact) mass is 376 g/mol. The zero-order valence-electron chi connectivity index (χ0n) is 14.5. The van der Waals surface area contributed by atoms with E-state index in [4.69, 9.17) is 9.47 Å². The van der Waals surface area contributed by atoms with Crippen molar-refractivity contribution in [3.63, 3.8) is 0 Å². The third-order valence-corrected chi connectivity index (χ3v) is 5.81. The number of amides is 1. The van der Waals surface area contributed by atoms with Gasteiger partial charge in [-0.15, -0.1) is 0 Å². The summed E-state index contributed by atoms with van der Waals surface area (Å²) in [6.07, 6.45) is -0.961. The van der Waals surface area contributed by atoms with E-state index in [0.29, 0.717) is 22.9 Å². The maximum Gasteiger partial charge on any atom is 0.267 e. The Morgan fingerprint density at radius 1 is 1.27 bits per heavy atom. The molecule has 1 heterocycles. The summed E-state index contributed by atoms with van der Waals surface area (Å²) in [6, 6.07) is 13.7. The first-order valence-corrected chi connectivity index (χ1v) is 9.76. The SMILES string of the molecule is CCS(=O)(=O)N1C[C@@H](C(=O)Nc2cccc(OC)c2)Oc2ccccc21. The van der Waals surface area contributed by atoms with Crippen LogP contribution < -0.4 is 19.1 Å². The molecule has 1 atom stereocenters. The average Bonchev–Trinajstić information content (AvgIpc) is 2.67. The molecule has 2 aromatic rings. The first kappa shape index (κ1) is 18.1. The Bertz CT molecular complexity index is 913. The molecule has 26 heavy (non-hydrogen) atoms. The Balaban J connectivity index is 1.86. The van der Waals surface area contributed by atoms with Crippen molar-refractivity contribution in [2.75, 3.05) is 29.0 Å². The number of anilines is 2. The summed E-state index contributed by atoms with van der Waals surface area (Å²) in [6.45, 7) is 1.49. The molecule has 8 heteroatoms. The van der Waals surface area contributed by atoms with E-state index in [2.05, 4.69) is 5.32 Å². The lowest BCUT2D eigenvalue weighted by Crippen LogP contribution is -2.49. The number of hydrogen-bond acceptors (Lipinski definition) is 5. The minimum Gasteiger partial charge on any atom is -0.497 e. The van der Waals surface area contributed by atoms with Gasteiger partial charge < -0.3 is 14.8 Å². The van der Waals surface area contributed by atoms with Crippen molar-refractivity contribution < 1.29 is 22.7 Å². The summed E-state index contributed by atoms with van der Waals surface area (Å²) in [5, 5.41) is 2.74. The van der Waals surface area contributed by atoms with Gasteiger partial charge in [0.05, 0.1) is 25.1 Å². The highest BCUT2D eigenvalue weighted by Crippen LogP contribution is 2.35. The summed E-state index contributed by atoms with van der Waals surface area (Å²) in [5.74, 6) is 0.476. The number of nitrogens with one attached hydrogen (secondary N) is 1. The van der Waals surface area contributed by atoms with E-state index in [-0.39, 0.29) is 12.3 Å². The number of rotatable bonds is 5. The second-order valence-corrected chi connectivity index (χ2v) is 7.91. The molecular weight excluding hydrogens is 356 g/mol. The number of carbonyl (C=O) groups excluding carboxylic acids is 1. The molecule has 1 aliphatic heterocycles. The number of ether oxygens (including phenoxy) is 2. The van der Waals surface area contributed by atoms with Crippen LogP contribution >= 0.6 is 0 Å². The van der Waals surface area contributed by atoms with Crippen molar-refractivity contribution in [3.05, 3.63) is 48.5 Å². The van der Waals surface area contributed by atoms with Gasteiger partial charge in [-0.2, -0.15) is 0 Å². The first-order chi connectivity index (χ1) is 12.4. The molecule has 0 spiro atoms. The molecule has 0 aromatic heterocycles. The Morgan fingerprint density at radius 2 is 2.04 bits per heavy atom. The van der Waals surface area contributed by atoms with Gasteiger partial charge in [-0.25, -0.2) is 8.42 Å². The van der Waals surface area contributed by atoms with Crippen LogP contribution in [0.1, 0.15) is 6.92 Å². The fourth-order valence-corrected chi connectivity index (χ4v) is 3.81. The second kappa shape index (κ2) is 7.25. The second-order valence-electron chi connectivity index (χ2n) is 5.73. The average molecular weight is 376 g/mol. The van der Waals surface area contributed by atoms with Crippen molar-refractivity contribution in [2.24, 2.45) is 0 Å². The number of para-hydroxylation sites is 2. The van der Waals surface area contributed by atoms with Gasteiger partial charge in [-0.05, 0) is 31.2 Å². The van der Waals surface area contributed by atoms with Crippen LogP contribution in [0, 0.1) is 0 Å². The molecule has 1 amide bonds. The van der Waals surface area contributed by atoms with Crippen molar-refractivity contribution in [1.29, 1.82) is 0 Å². The Morgan fingerprint density at radius 3 is 2.77 bits per heavy atom. The van der Waals surface area contributed by atoms with Crippen LogP contribution in [0.4, 0.5) is 11.4 Å². The molecule has 0 bridgehead atoms. The Hall–Kier alpha value is -2.74. The van der Waals surface area contributed by atoms with E-state index in [1.54, 1.807) is 55.5 Å². The topological polar surface area (TPSA) is 84.9 Å². The largest absolute Gasteiger partial charge is 0.497 e. The summed E-state index contributed by atoms with van der Waals surface area (Å²) < 4.78 is 37.0. The molecule has 3 rings (SSSR count). The summed E-state index contributed by atoms with van der Waals surface area (Å²) in [7, 11) is -1.99. The molecule has 138 valence electrons. The van der Waals surface area contributed by atoms with Crippen molar-refractivity contribution in [3.8, 4) is 11.5 Å². The number of fused-ring (bicyclic) bond motifs is 1. The third-order valence-electron chi connectivity index (χ3n) is 4.07. The normalized spacial score (nSPS) is 16.4.